The summed E-state index contributed by atoms with van der Waals surface area (Å²) >= 11 is 0. The normalized spacial score (nSPS) is 13.3. The molecule has 0 heterocycles. The van der Waals surface area contributed by atoms with E-state index in [1.165, 1.54) is 19.3 Å². The first kappa shape index (κ1) is 14.5. The van der Waals surface area contributed by atoms with Crippen molar-refractivity contribution in [2.45, 2.75) is 53.9 Å². The Labute approximate surface area is 94.8 Å². The van der Waals surface area contributed by atoms with Crippen molar-refractivity contribution in [2.24, 2.45) is 17.8 Å². The van der Waals surface area contributed by atoms with Gasteiger partial charge in [0.25, 0.3) is 0 Å². The van der Waals surface area contributed by atoms with E-state index in [1.807, 2.05) is 13.8 Å². The SMILES string of the molecule is CCCCC(CNC(=O)C(C)C)C(C)C. The highest BCUT2D eigenvalue weighted by molar-refractivity contribution is 5.77. The molecule has 0 spiro atoms. The molecule has 1 atom stereocenters. The fraction of sp³-hybridized carbons (Fsp3) is 0.923. The molecule has 2 nitrogen and oxygen atoms in total. The highest BCUT2D eigenvalue weighted by atomic mass is 16.1. The summed E-state index contributed by atoms with van der Waals surface area (Å²) in [4.78, 5) is 11.4. The Balaban J connectivity index is 3.90. The van der Waals surface area contributed by atoms with Crippen LogP contribution in [0.3, 0.4) is 0 Å². The van der Waals surface area contributed by atoms with E-state index in [-0.39, 0.29) is 11.8 Å². The Morgan fingerprint density at radius 3 is 2.20 bits per heavy atom. The number of amides is 1. The predicted molar refractivity (Wildman–Crippen MR) is 65.7 cm³/mol. The third kappa shape index (κ3) is 6.53. The quantitative estimate of drug-likeness (QED) is 0.691. The van der Waals surface area contributed by atoms with Crippen molar-refractivity contribution in [1.82, 2.24) is 5.32 Å². The molecule has 0 aliphatic heterocycles. The molecule has 15 heavy (non-hydrogen) atoms. The zero-order valence-corrected chi connectivity index (χ0v) is 11.0. The Hall–Kier alpha value is -0.530. The molecule has 0 aliphatic rings. The fourth-order valence-electron chi connectivity index (χ4n) is 1.57. The Morgan fingerprint density at radius 2 is 1.80 bits per heavy atom. The second kappa shape index (κ2) is 7.72. The molecule has 0 aliphatic carbocycles. The number of carbonyl (C=O) groups excluding carboxylic acids is 1. The Morgan fingerprint density at radius 1 is 1.20 bits per heavy atom. The van der Waals surface area contributed by atoms with Crippen LogP contribution in [-0.2, 0) is 4.79 Å². The first-order chi connectivity index (χ1) is 6.99. The van der Waals surface area contributed by atoms with Crippen molar-refractivity contribution in [3.63, 3.8) is 0 Å². The smallest absolute Gasteiger partial charge is 0.222 e. The maximum absolute atomic E-state index is 11.4. The molecule has 0 bridgehead atoms. The predicted octanol–water partition coefficient (Wildman–Crippen LogP) is 3.22. The molecule has 2 heteroatoms. The van der Waals surface area contributed by atoms with Gasteiger partial charge in [0.2, 0.25) is 5.91 Å². The van der Waals surface area contributed by atoms with E-state index in [0.717, 1.165) is 6.54 Å². The van der Waals surface area contributed by atoms with E-state index >= 15 is 0 Å². The van der Waals surface area contributed by atoms with E-state index in [0.29, 0.717) is 11.8 Å². The van der Waals surface area contributed by atoms with Gasteiger partial charge in [-0.3, -0.25) is 4.79 Å². The van der Waals surface area contributed by atoms with E-state index in [2.05, 4.69) is 26.1 Å². The molecule has 1 N–H and O–H groups in total. The average Bonchev–Trinajstić information content (AvgIpc) is 2.16. The molecule has 0 radical (unpaired) electrons. The van der Waals surface area contributed by atoms with Crippen LogP contribution in [0.5, 0.6) is 0 Å². The van der Waals surface area contributed by atoms with Crippen molar-refractivity contribution in [3.8, 4) is 0 Å². The van der Waals surface area contributed by atoms with Gasteiger partial charge < -0.3 is 5.32 Å². The van der Waals surface area contributed by atoms with Crippen molar-refractivity contribution in [1.29, 1.82) is 0 Å². The molecule has 0 saturated carbocycles. The molecule has 0 aromatic heterocycles. The van der Waals surface area contributed by atoms with Crippen LogP contribution in [0.25, 0.3) is 0 Å². The molecule has 0 aromatic rings. The van der Waals surface area contributed by atoms with E-state index in [4.69, 9.17) is 0 Å². The van der Waals surface area contributed by atoms with Gasteiger partial charge in [0.15, 0.2) is 0 Å². The number of rotatable bonds is 7. The Bertz CT molecular complexity index is 175. The van der Waals surface area contributed by atoms with Crippen LogP contribution in [0, 0.1) is 17.8 Å². The highest BCUT2D eigenvalue weighted by Gasteiger charge is 2.14. The van der Waals surface area contributed by atoms with E-state index in [1.54, 1.807) is 0 Å². The summed E-state index contributed by atoms with van der Waals surface area (Å²) in [7, 11) is 0. The molecule has 0 rings (SSSR count). The van der Waals surface area contributed by atoms with Crippen LogP contribution in [0.15, 0.2) is 0 Å². The van der Waals surface area contributed by atoms with Crippen molar-refractivity contribution < 1.29 is 4.79 Å². The zero-order valence-electron chi connectivity index (χ0n) is 11.0. The van der Waals surface area contributed by atoms with E-state index in [9.17, 15) is 4.79 Å². The lowest BCUT2D eigenvalue weighted by atomic mass is 9.90. The topological polar surface area (TPSA) is 29.1 Å². The van der Waals surface area contributed by atoms with Gasteiger partial charge in [0.05, 0.1) is 0 Å². The molecule has 0 aromatic carbocycles. The van der Waals surface area contributed by atoms with Gasteiger partial charge in [0, 0.05) is 12.5 Å². The molecule has 1 unspecified atom stereocenters. The first-order valence-corrected chi connectivity index (χ1v) is 6.26. The van der Waals surface area contributed by atoms with Gasteiger partial charge in [0.1, 0.15) is 0 Å². The fourth-order valence-corrected chi connectivity index (χ4v) is 1.57. The maximum Gasteiger partial charge on any atom is 0.222 e. The summed E-state index contributed by atoms with van der Waals surface area (Å²) in [6.45, 7) is 11.4. The summed E-state index contributed by atoms with van der Waals surface area (Å²) in [6.07, 6.45) is 3.73. The Kier molecular flexibility index (Phi) is 7.45. The first-order valence-electron chi connectivity index (χ1n) is 6.26. The number of carbonyl (C=O) groups is 1. The van der Waals surface area contributed by atoms with Crippen LogP contribution in [0.4, 0.5) is 0 Å². The van der Waals surface area contributed by atoms with Crippen molar-refractivity contribution in [3.05, 3.63) is 0 Å². The third-order valence-electron chi connectivity index (χ3n) is 2.93. The average molecular weight is 213 g/mol. The third-order valence-corrected chi connectivity index (χ3v) is 2.93. The molecule has 0 saturated heterocycles. The minimum absolute atomic E-state index is 0.101. The van der Waals surface area contributed by atoms with Crippen LogP contribution in [0.2, 0.25) is 0 Å². The second-order valence-corrected chi connectivity index (χ2v) is 5.05. The molecule has 1 amide bonds. The van der Waals surface area contributed by atoms with Gasteiger partial charge in [-0.05, 0) is 18.3 Å². The largest absolute Gasteiger partial charge is 0.356 e. The van der Waals surface area contributed by atoms with Gasteiger partial charge in [-0.15, -0.1) is 0 Å². The monoisotopic (exact) mass is 213 g/mol. The van der Waals surface area contributed by atoms with Crippen LogP contribution < -0.4 is 5.32 Å². The lowest BCUT2D eigenvalue weighted by Crippen LogP contribution is -2.34. The van der Waals surface area contributed by atoms with Crippen molar-refractivity contribution >= 4 is 5.91 Å². The minimum Gasteiger partial charge on any atom is -0.356 e. The molecule has 90 valence electrons. The number of hydrogen-bond acceptors (Lipinski definition) is 1. The minimum atomic E-state index is 0.101. The summed E-state index contributed by atoms with van der Waals surface area (Å²) in [5, 5.41) is 3.03. The second-order valence-electron chi connectivity index (χ2n) is 5.05. The lowest BCUT2D eigenvalue weighted by molar-refractivity contribution is -0.124. The molecular weight excluding hydrogens is 186 g/mol. The van der Waals surface area contributed by atoms with Crippen LogP contribution in [-0.4, -0.2) is 12.5 Å². The van der Waals surface area contributed by atoms with Gasteiger partial charge in [-0.1, -0.05) is 47.5 Å². The number of unbranched alkanes of at least 4 members (excludes halogenated alkanes) is 1. The number of hydrogen-bond donors (Lipinski definition) is 1. The summed E-state index contributed by atoms with van der Waals surface area (Å²) < 4.78 is 0. The van der Waals surface area contributed by atoms with Gasteiger partial charge >= 0.3 is 0 Å². The van der Waals surface area contributed by atoms with Gasteiger partial charge in [-0.2, -0.15) is 0 Å². The summed E-state index contributed by atoms with van der Waals surface area (Å²) in [6, 6.07) is 0. The van der Waals surface area contributed by atoms with Gasteiger partial charge in [-0.25, -0.2) is 0 Å². The summed E-state index contributed by atoms with van der Waals surface area (Å²) in [5.74, 6) is 1.57. The number of nitrogens with one attached hydrogen (secondary N) is 1. The lowest BCUT2D eigenvalue weighted by Gasteiger charge is -2.21. The van der Waals surface area contributed by atoms with E-state index < -0.39 is 0 Å². The van der Waals surface area contributed by atoms with Crippen molar-refractivity contribution in [2.75, 3.05) is 6.54 Å². The molecule has 0 fully saturated rings. The maximum atomic E-state index is 11.4. The zero-order chi connectivity index (χ0) is 11.8. The molecular formula is C13H27NO. The standard InChI is InChI=1S/C13H27NO/c1-6-7-8-12(10(2)3)9-14-13(15)11(4)5/h10-12H,6-9H2,1-5H3,(H,14,15). The highest BCUT2D eigenvalue weighted by Crippen LogP contribution is 2.17. The summed E-state index contributed by atoms with van der Waals surface area (Å²) in [5.41, 5.74) is 0. The van der Waals surface area contributed by atoms with Crippen LogP contribution in [0.1, 0.15) is 53.9 Å². The van der Waals surface area contributed by atoms with Crippen LogP contribution >= 0.6 is 0 Å².